The Balaban J connectivity index is 2.12. The van der Waals surface area contributed by atoms with Crippen molar-refractivity contribution in [2.24, 2.45) is 5.41 Å². The summed E-state index contributed by atoms with van der Waals surface area (Å²) in [5, 5.41) is 11.8. The second kappa shape index (κ2) is 3.30. The lowest BCUT2D eigenvalue weighted by atomic mass is 9.81. The summed E-state index contributed by atoms with van der Waals surface area (Å²) in [5.74, 6) is 0. The topological polar surface area (TPSA) is 33.1 Å². The summed E-state index contributed by atoms with van der Waals surface area (Å²) in [7, 11) is 0. The molecule has 1 N–H and O–H groups in total. The summed E-state index contributed by atoms with van der Waals surface area (Å²) >= 11 is 0. The van der Waals surface area contributed by atoms with Crippen LogP contribution in [0.1, 0.15) is 32.3 Å². The van der Waals surface area contributed by atoms with Gasteiger partial charge in [0.2, 0.25) is 0 Å². The van der Waals surface area contributed by atoms with Crippen LogP contribution in [-0.4, -0.2) is 10.1 Å². The maximum atomic E-state index is 10.7. The fourth-order valence-electron chi connectivity index (χ4n) is 2.40. The van der Waals surface area contributed by atoms with Gasteiger partial charge in [-0.15, -0.1) is 0 Å². The molecule has 0 radical (unpaired) electrons. The van der Waals surface area contributed by atoms with Crippen molar-refractivity contribution in [2.75, 3.05) is 0 Å². The van der Waals surface area contributed by atoms with Crippen molar-refractivity contribution in [1.29, 1.82) is 0 Å². The Hall–Kier alpha value is -1.41. The molecule has 1 aromatic carbocycles. The number of hydrogen-bond donors (Lipinski definition) is 1. The molecule has 0 spiro atoms. The predicted molar refractivity (Wildman–Crippen MR) is 68.7 cm³/mol. The zero-order valence-corrected chi connectivity index (χ0v) is 10.3. The first-order chi connectivity index (χ1) is 8.03. The minimum Gasteiger partial charge on any atom is -0.385 e. The molecule has 0 saturated heterocycles. The van der Waals surface area contributed by atoms with Crippen LogP contribution in [0.4, 0.5) is 0 Å². The Bertz CT molecular complexity index is 570. The normalized spacial score (nSPS) is 21.1. The first-order valence-corrected chi connectivity index (χ1v) is 6.11. The molecule has 1 unspecified atom stereocenters. The lowest BCUT2D eigenvalue weighted by Crippen LogP contribution is -2.31. The van der Waals surface area contributed by atoms with Gasteiger partial charge in [-0.3, -0.25) is 4.98 Å². The fourth-order valence-corrected chi connectivity index (χ4v) is 2.40. The van der Waals surface area contributed by atoms with Crippen molar-refractivity contribution >= 4 is 10.9 Å². The monoisotopic (exact) mass is 227 g/mol. The van der Waals surface area contributed by atoms with E-state index >= 15 is 0 Å². The average Bonchev–Trinajstić information content (AvgIpc) is 3.08. The molecule has 2 aromatic rings. The zero-order valence-electron chi connectivity index (χ0n) is 10.3. The molecule has 1 atom stereocenters. The van der Waals surface area contributed by atoms with E-state index in [0.29, 0.717) is 0 Å². The fraction of sp³-hybridized carbons (Fsp3) is 0.400. The maximum absolute atomic E-state index is 10.7. The van der Waals surface area contributed by atoms with E-state index in [1.165, 1.54) is 0 Å². The molecule has 88 valence electrons. The standard InChI is InChI=1S/C15H17NO/c1-14(7-8-14)15(2,17)12-5-6-13-11(10-12)4-3-9-16-13/h3-6,9-10,17H,7-8H2,1-2H3. The van der Waals surface area contributed by atoms with Crippen LogP contribution in [0.2, 0.25) is 0 Å². The van der Waals surface area contributed by atoms with Crippen LogP contribution < -0.4 is 0 Å². The third-order valence-corrected chi connectivity index (χ3v) is 4.34. The SMILES string of the molecule is CC1(C(C)(O)c2ccc3ncccc3c2)CC1. The number of hydrogen-bond acceptors (Lipinski definition) is 2. The Kier molecular flexibility index (Phi) is 2.08. The smallest absolute Gasteiger partial charge is 0.0922 e. The molecule has 1 heterocycles. The van der Waals surface area contributed by atoms with E-state index in [1.54, 1.807) is 6.20 Å². The van der Waals surface area contributed by atoms with Crippen LogP contribution in [0.25, 0.3) is 10.9 Å². The number of pyridine rings is 1. The van der Waals surface area contributed by atoms with E-state index in [-0.39, 0.29) is 5.41 Å². The van der Waals surface area contributed by atoms with Crippen molar-refractivity contribution in [3.05, 3.63) is 42.1 Å². The Morgan fingerprint density at radius 2 is 2.06 bits per heavy atom. The molecular weight excluding hydrogens is 210 g/mol. The Morgan fingerprint density at radius 3 is 2.76 bits per heavy atom. The van der Waals surface area contributed by atoms with Crippen molar-refractivity contribution in [3.63, 3.8) is 0 Å². The van der Waals surface area contributed by atoms with Crippen LogP contribution in [0.3, 0.4) is 0 Å². The highest BCUT2D eigenvalue weighted by atomic mass is 16.3. The van der Waals surface area contributed by atoms with Crippen molar-refractivity contribution in [1.82, 2.24) is 4.98 Å². The van der Waals surface area contributed by atoms with Crippen molar-refractivity contribution < 1.29 is 5.11 Å². The lowest BCUT2D eigenvalue weighted by molar-refractivity contribution is -0.0125. The molecule has 2 heteroatoms. The predicted octanol–water partition coefficient (Wildman–Crippen LogP) is 3.24. The summed E-state index contributed by atoms with van der Waals surface area (Å²) in [6, 6.07) is 10.0. The van der Waals surface area contributed by atoms with E-state index in [0.717, 1.165) is 29.3 Å². The number of aromatic nitrogens is 1. The average molecular weight is 227 g/mol. The molecule has 17 heavy (non-hydrogen) atoms. The van der Waals surface area contributed by atoms with Gasteiger partial charge in [-0.25, -0.2) is 0 Å². The van der Waals surface area contributed by atoms with E-state index in [4.69, 9.17) is 0 Å². The molecular formula is C15H17NO. The van der Waals surface area contributed by atoms with Gasteiger partial charge in [-0.2, -0.15) is 0 Å². The summed E-state index contributed by atoms with van der Waals surface area (Å²) in [6.45, 7) is 4.08. The highest BCUT2D eigenvalue weighted by molar-refractivity contribution is 5.79. The second-order valence-electron chi connectivity index (χ2n) is 5.54. The van der Waals surface area contributed by atoms with Crippen LogP contribution in [-0.2, 0) is 5.60 Å². The lowest BCUT2D eigenvalue weighted by Gasteiger charge is -2.31. The molecule has 2 nitrogen and oxygen atoms in total. The molecule has 1 saturated carbocycles. The first-order valence-electron chi connectivity index (χ1n) is 6.11. The van der Waals surface area contributed by atoms with Gasteiger partial charge in [0.25, 0.3) is 0 Å². The summed E-state index contributed by atoms with van der Waals surface area (Å²) < 4.78 is 0. The van der Waals surface area contributed by atoms with E-state index in [2.05, 4.69) is 18.0 Å². The Morgan fingerprint density at radius 1 is 1.29 bits per heavy atom. The molecule has 3 rings (SSSR count). The molecule has 0 bridgehead atoms. The maximum Gasteiger partial charge on any atom is 0.0922 e. The minimum atomic E-state index is -0.739. The van der Waals surface area contributed by atoms with Gasteiger partial charge in [0.15, 0.2) is 0 Å². The highest BCUT2D eigenvalue weighted by Crippen LogP contribution is 2.57. The summed E-state index contributed by atoms with van der Waals surface area (Å²) in [6.07, 6.45) is 4.00. The van der Waals surface area contributed by atoms with Crippen LogP contribution in [0.15, 0.2) is 36.5 Å². The first kappa shape index (κ1) is 10.7. The van der Waals surface area contributed by atoms with Crippen LogP contribution >= 0.6 is 0 Å². The van der Waals surface area contributed by atoms with Gasteiger partial charge in [-0.1, -0.05) is 19.1 Å². The van der Waals surface area contributed by atoms with Gasteiger partial charge in [0, 0.05) is 17.0 Å². The third-order valence-electron chi connectivity index (χ3n) is 4.34. The summed E-state index contributed by atoms with van der Waals surface area (Å²) in [5.41, 5.74) is 1.28. The van der Waals surface area contributed by atoms with Crippen molar-refractivity contribution in [3.8, 4) is 0 Å². The highest BCUT2D eigenvalue weighted by Gasteiger charge is 2.53. The van der Waals surface area contributed by atoms with Gasteiger partial charge < -0.3 is 5.11 Å². The zero-order chi connectivity index (χ0) is 12.1. The third kappa shape index (κ3) is 1.55. The molecule has 0 aliphatic heterocycles. The molecule has 0 amide bonds. The number of nitrogens with zero attached hydrogens (tertiary/aromatic N) is 1. The second-order valence-corrected chi connectivity index (χ2v) is 5.54. The number of fused-ring (bicyclic) bond motifs is 1. The van der Waals surface area contributed by atoms with Gasteiger partial charge in [0.1, 0.15) is 0 Å². The van der Waals surface area contributed by atoms with Crippen LogP contribution in [0, 0.1) is 5.41 Å². The summed E-state index contributed by atoms with van der Waals surface area (Å²) in [4.78, 5) is 4.30. The van der Waals surface area contributed by atoms with E-state index in [9.17, 15) is 5.11 Å². The number of benzene rings is 1. The minimum absolute atomic E-state index is 0.0445. The number of rotatable bonds is 2. The van der Waals surface area contributed by atoms with E-state index < -0.39 is 5.60 Å². The van der Waals surface area contributed by atoms with Crippen molar-refractivity contribution in [2.45, 2.75) is 32.3 Å². The largest absolute Gasteiger partial charge is 0.385 e. The molecule has 1 aliphatic rings. The van der Waals surface area contributed by atoms with Crippen LogP contribution in [0.5, 0.6) is 0 Å². The van der Waals surface area contributed by atoms with Gasteiger partial charge in [0.05, 0.1) is 11.1 Å². The van der Waals surface area contributed by atoms with E-state index in [1.807, 2.05) is 31.2 Å². The molecule has 1 fully saturated rings. The van der Waals surface area contributed by atoms with Gasteiger partial charge in [-0.05, 0) is 43.5 Å². The quantitative estimate of drug-likeness (QED) is 0.854. The Labute approximate surface area is 101 Å². The molecule has 1 aliphatic carbocycles. The molecule has 1 aromatic heterocycles. The number of aliphatic hydroxyl groups is 1. The van der Waals surface area contributed by atoms with Gasteiger partial charge >= 0.3 is 0 Å².